The zero-order valence-corrected chi connectivity index (χ0v) is 13.7. The second kappa shape index (κ2) is 6.32. The quantitative estimate of drug-likeness (QED) is 0.846. The van der Waals surface area contributed by atoms with Crippen LogP contribution in [0.15, 0.2) is 36.4 Å². The molecule has 120 valence electrons. The molecule has 0 aromatic heterocycles. The van der Waals surface area contributed by atoms with Crippen LogP contribution < -0.4 is 11.1 Å². The van der Waals surface area contributed by atoms with E-state index >= 15 is 0 Å². The van der Waals surface area contributed by atoms with Gasteiger partial charge < -0.3 is 16.0 Å². The van der Waals surface area contributed by atoms with Gasteiger partial charge in [0.1, 0.15) is 0 Å². The summed E-state index contributed by atoms with van der Waals surface area (Å²) in [6, 6.07) is 11.8. The first kappa shape index (κ1) is 15.4. The van der Waals surface area contributed by atoms with Crippen molar-refractivity contribution < 1.29 is 4.79 Å². The van der Waals surface area contributed by atoms with E-state index in [-0.39, 0.29) is 5.91 Å². The first-order chi connectivity index (χ1) is 11.0. The molecule has 2 aromatic rings. The molecule has 1 amide bonds. The second-order valence-corrected chi connectivity index (χ2v) is 6.24. The van der Waals surface area contributed by atoms with E-state index in [2.05, 4.69) is 37.4 Å². The number of hydrogen-bond acceptors (Lipinski definition) is 3. The normalized spacial score (nSPS) is 14.1. The highest BCUT2D eigenvalue weighted by molar-refractivity contribution is 5.96. The summed E-state index contributed by atoms with van der Waals surface area (Å²) in [5, 5.41) is 3.37. The Labute approximate surface area is 137 Å². The van der Waals surface area contributed by atoms with Crippen LogP contribution in [0.5, 0.6) is 0 Å². The SMILES string of the molecule is Cc1ccc(C)c(Nc2ccc(C(=O)N3CCCC3)cc2N)c1. The Morgan fingerprint density at radius 1 is 1.04 bits per heavy atom. The van der Waals surface area contributed by atoms with Gasteiger partial charge in [0, 0.05) is 24.3 Å². The summed E-state index contributed by atoms with van der Waals surface area (Å²) in [6.45, 7) is 5.82. The Hall–Kier alpha value is -2.49. The van der Waals surface area contributed by atoms with Gasteiger partial charge in [0.15, 0.2) is 0 Å². The number of anilines is 3. The first-order valence-corrected chi connectivity index (χ1v) is 8.07. The Kier molecular flexibility index (Phi) is 4.24. The Balaban J connectivity index is 1.82. The number of nitrogens with zero attached hydrogens (tertiary/aromatic N) is 1. The minimum atomic E-state index is 0.0764. The van der Waals surface area contributed by atoms with Gasteiger partial charge in [-0.25, -0.2) is 0 Å². The van der Waals surface area contributed by atoms with Gasteiger partial charge in [-0.1, -0.05) is 12.1 Å². The highest BCUT2D eigenvalue weighted by Crippen LogP contribution is 2.27. The molecule has 0 bridgehead atoms. The maximum Gasteiger partial charge on any atom is 0.253 e. The van der Waals surface area contributed by atoms with Crippen LogP contribution in [-0.4, -0.2) is 23.9 Å². The van der Waals surface area contributed by atoms with E-state index in [1.807, 2.05) is 17.0 Å². The molecule has 1 aliphatic heterocycles. The predicted octanol–water partition coefficient (Wildman–Crippen LogP) is 3.87. The topological polar surface area (TPSA) is 58.4 Å². The summed E-state index contributed by atoms with van der Waals surface area (Å²) in [6.07, 6.45) is 2.18. The van der Waals surface area contributed by atoms with E-state index in [0.29, 0.717) is 11.3 Å². The van der Waals surface area contributed by atoms with Gasteiger partial charge in [0.05, 0.1) is 11.4 Å². The molecule has 0 radical (unpaired) electrons. The van der Waals surface area contributed by atoms with Crippen molar-refractivity contribution in [2.75, 3.05) is 24.1 Å². The molecule has 4 nitrogen and oxygen atoms in total. The van der Waals surface area contributed by atoms with Crippen LogP contribution in [0.4, 0.5) is 17.1 Å². The monoisotopic (exact) mass is 309 g/mol. The molecule has 4 heteroatoms. The molecule has 3 N–H and O–H groups in total. The Bertz CT molecular complexity index is 733. The number of rotatable bonds is 3. The van der Waals surface area contributed by atoms with Crippen molar-refractivity contribution in [3.63, 3.8) is 0 Å². The van der Waals surface area contributed by atoms with E-state index in [1.54, 1.807) is 6.07 Å². The van der Waals surface area contributed by atoms with Crippen LogP contribution in [-0.2, 0) is 0 Å². The number of nitrogens with two attached hydrogens (primary N) is 1. The molecule has 23 heavy (non-hydrogen) atoms. The highest BCUT2D eigenvalue weighted by Gasteiger charge is 2.20. The Morgan fingerprint density at radius 3 is 2.48 bits per heavy atom. The fourth-order valence-corrected chi connectivity index (χ4v) is 2.93. The number of aryl methyl sites for hydroxylation is 2. The number of amides is 1. The lowest BCUT2D eigenvalue weighted by molar-refractivity contribution is 0.0793. The molecule has 1 fully saturated rings. The van der Waals surface area contributed by atoms with Crippen LogP contribution in [0.25, 0.3) is 0 Å². The van der Waals surface area contributed by atoms with E-state index in [1.165, 1.54) is 5.56 Å². The van der Waals surface area contributed by atoms with Crippen LogP contribution in [0.1, 0.15) is 34.3 Å². The zero-order chi connectivity index (χ0) is 16.4. The fourth-order valence-electron chi connectivity index (χ4n) is 2.93. The molecule has 1 aliphatic rings. The first-order valence-electron chi connectivity index (χ1n) is 8.07. The van der Waals surface area contributed by atoms with E-state index < -0.39 is 0 Å². The van der Waals surface area contributed by atoms with Gasteiger partial charge in [-0.05, 0) is 62.1 Å². The van der Waals surface area contributed by atoms with Gasteiger partial charge in [-0.15, -0.1) is 0 Å². The molecule has 0 spiro atoms. The van der Waals surface area contributed by atoms with E-state index in [9.17, 15) is 4.79 Å². The Morgan fingerprint density at radius 2 is 1.78 bits per heavy atom. The van der Waals surface area contributed by atoms with E-state index in [4.69, 9.17) is 5.73 Å². The van der Waals surface area contributed by atoms with Gasteiger partial charge in [0.25, 0.3) is 5.91 Å². The zero-order valence-electron chi connectivity index (χ0n) is 13.7. The molecule has 1 saturated heterocycles. The lowest BCUT2D eigenvalue weighted by Crippen LogP contribution is -2.27. The number of benzene rings is 2. The molecule has 2 aromatic carbocycles. The lowest BCUT2D eigenvalue weighted by Gasteiger charge is -2.17. The molecule has 3 rings (SSSR count). The van der Waals surface area contributed by atoms with Crippen molar-refractivity contribution in [1.29, 1.82) is 0 Å². The fraction of sp³-hybridized carbons (Fsp3) is 0.316. The lowest BCUT2D eigenvalue weighted by atomic mass is 10.1. The van der Waals surface area contributed by atoms with Crippen LogP contribution in [0.2, 0.25) is 0 Å². The van der Waals surface area contributed by atoms with Gasteiger partial charge in [0.2, 0.25) is 0 Å². The largest absolute Gasteiger partial charge is 0.397 e. The van der Waals surface area contributed by atoms with Crippen LogP contribution >= 0.6 is 0 Å². The average molecular weight is 309 g/mol. The minimum Gasteiger partial charge on any atom is -0.397 e. The number of nitrogens with one attached hydrogen (secondary N) is 1. The van der Waals surface area contributed by atoms with Crippen LogP contribution in [0.3, 0.4) is 0 Å². The number of hydrogen-bond donors (Lipinski definition) is 2. The number of carbonyl (C=O) groups excluding carboxylic acids is 1. The molecular formula is C19H23N3O. The second-order valence-electron chi connectivity index (χ2n) is 6.24. The summed E-state index contributed by atoms with van der Waals surface area (Å²) in [4.78, 5) is 14.3. The summed E-state index contributed by atoms with van der Waals surface area (Å²) >= 11 is 0. The summed E-state index contributed by atoms with van der Waals surface area (Å²) in [5.74, 6) is 0.0764. The number of nitrogen functional groups attached to an aromatic ring is 1. The third-order valence-corrected chi connectivity index (χ3v) is 4.35. The van der Waals surface area contributed by atoms with Crippen molar-refractivity contribution in [1.82, 2.24) is 4.90 Å². The van der Waals surface area contributed by atoms with Gasteiger partial charge in [-0.2, -0.15) is 0 Å². The van der Waals surface area contributed by atoms with Crippen molar-refractivity contribution in [3.8, 4) is 0 Å². The standard InChI is InChI=1S/C19H23N3O/c1-13-5-6-14(2)18(11-13)21-17-8-7-15(12-16(17)20)19(23)22-9-3-4-10-22/h5-8,11-12,21H,3-4,9-10,20H2,1-2H3. The molecule has 1 heterocycles. The molecule has 0 saturated carbocycles. The number of carbonyl (C=O) groups is 1. The van der Waals surface area contributed by atoms with Crippen LogP contribution in [0, 0.1) is 13.8 Å². The molecule has 0 atom stereocenters. The van der Waals surface area contributed by atoms with Crippen molar-refractivity contribution in [2.24, 2.45) is 0 Å². The minimum absolute atomic E-state index is 0.0764. The number of likely N-dealkylation sites (tertiary alicyclic amines) is 1. The smallest absolute Gasteiger partial charge is 0.253 e. The molecule has 0 aliphatic carbocycles. The molecule has 0 unspecified atom stereocenters. The summed E-state index contributed by atoms with van der Waals surface area (Å²) in [7, 11) is 0. The predicted molar refractivity (Wildman–Crippen MR) is 95.2 cm³/mol. The summed E-state index contributed by atoms with van der Waals surface area (Å²) < 4.78 is 0. The van der Waals surface area contributed by atoms with Crippen molar-refractivity contribution in [2.45, 2.75) is 26.7 Å². The maximum atomic E-state index is 12.4. The molecular weight excluding hydrogens is 286 g/mol. The van der Waals surface area contributed by atoms with Gasteiger partial charge >= 0.3 is 0 Å². The van der Waals surface area contributed by atoms with Crippen molar-refractivity contribution in [3.05, 3.63) is 53.1 Å². The average Bonchev–Trinajstić information content (AvgIpc) is 3.06. The van der Waals surface area contributed by atoms with Crippen molar-refractivity contribution >= 4 is 23.0 Å². The van der Waals surface area contributed by atoms with E-state index in [0.717, 1.165) is 42.9 Å². The van der Waals surface area contributed by atoms with Gasteiger partial charge in [-0.3, -0.25) is 4.79 Å². The maximum absolute atomic E-state index is 12.4. The highest BCUT2D eigenvalue weighted by atomic mass is 16.2. The third-order valence-electron chi connectivity index (χ3n) is 4.35. The summed E-state index contributed by atoms with van der Waals surface area (Å²) in [5.41, 5.74) is 11.6. The third kappa shape index (κ3) is 3.31.